The minimum Gasteiger partial charge on any atom is -0.392 e. The molecule has 0 amide bonds. The molecule has 0 aromatic carbocycles. The highest BCUT2D eigenvalue weighted by Crippen LogP contribution is 2.33. The van der Waals surface area contributed by atoms with Gasteiger partial charge in [0.15, 0.2) is 5.72 Å². The summed E-state index contributed by atoms with van der Waals surface area (Å²) in [7, 11) is 0. The predicted octanol–water partition coefficient (Wildman–Crippen LogP) is 2.14. The highest BCUT2D eigenvalue weighted by Gasteiger charge is 2.40. The molecule has 0 aliphatic carbocycles. The largest absolute Gasteiger partial charge is 0.392 e. The second-order valence-corrected chi connectivity index (χ2v) is 5.40. The molecule has 2 heterocycles. The summed E-state index contributed by atoms with van der Waals surface area (Å²) >= 11 is 0. The molecule has 0 spiro atoms. The number of ether oxygens (including phenoxy) is 1. The van der Waals surface area contributed by atoms with E-state index in [1.54, 1.807) is 12.4 Å². The Morgan fingerprint density at radius 3 is 2.63 bits per heavy atom. The molecule has 1 unspecified atom stereocenters. The van der Waals surface area contributed by atoms with Crippen LogP contribution in [0.3, 0.4) is 0 Å². The van der Waals surface area contributed by atoms with Gasteiger partial charge < -0.3 is 9.84 Å². The number of likely N-dealkylation sites (tertiary alicyclic amines) is 1. The maximum atomic E-state index is 10.0. The highest BCUT2D eigenvalue weighted by molar-refractivity contribution is 5.18. The van der Waals surface area contributed by atoms with E-state index in [2.05, 4.69) is 9.88 Å². The monoisotopic (exact) mass is 264 g/mol. The van der Waals surface area contributed by atoms with Crippen LogP contribution in [0, 0.1) is 0 Å². The van der Waals surface area contributed by atoms with Crippen molar-refractivity contribution in [3.05, 3.63) is 30.1 Å². The Kier molecular flexibility index (Phi) is 4.91. The number of aliphatic hydroxyl groups is 1. The maximum Gasteiger partial charge on any atom is 0.172 e. The van der Waals surface area contributed by atoms with Crippen LogP contribution < -0.4 is 0 Å². The summed E-state index contributed by atoms with van der Waals surface area (Å²) in [5, 5.41) is 10.0. The number of nitrogens with zero attached hydrogens (tertiary/aromatic N) is 2. The van der Waals surface area contributed by atoms with Crippen molar-refractivity contribution in [1.82, 2.24) is 9.88 Å². The van der Waals surface area contributed by atoms with E-state index < -0.39 is 5.72 Å². The summed E-state index contributed by atoms with van der Waals surface area (Å²) in [4.78, 5) is 6.44. The Balaban J connectivity index is 2.35. The van der Waals surface area contributed by atoms with Gasteiger partial charge in [0.1, 0.15) is 0 Å². The summed E-state index contributed by atoms with van der Waals surface area (Å²) < 4.78 is 6.15. The molecule has 106 valence electrons. The van der Waals surface area contributed by atoms with Gasteiger partial charge in [-0.3, -0.25) is 9.88 Å². The maximum absolute atomic E-state index is 10.0. The lowest BCUT2D eigenvalue weighted by Gasteiger charge is -2.45. The van der Waals surface area contributed by atoms with Gasteiger partial charge in [0.2, 0.25) is 0 Å². The van der Waals surface area contributed by atoms with Crippen LogP contribution in [0.1, 0.15) is 38.7 Å². The fraction of sp³-hybridized carbons (Fsp3) is 0.667. The van der Waals surface area contributed by atoms with Crippen molar-refractivity contribution in [2.75, 3.05) is 19.7 Å². The number of hydrogen-bond donors (Lipinski definition) is 1. The summed E-state index contributed by atoms with van der Waals surface area (Å²) in [6, 6.07) is 3.88. The molecule has 1 N–H and O–H groups in total. The van der Waals surface area contributed by atoms with Gasteiger partial charge in [0, 0.05) is 31.0 Å². The van der Waals surface area contributed by atoms with E-state index in [4.69, 9.17) is 4.74 Å². The molecule has 19 heavy (non-hydrogen) atoms. The Morgan fingerprint density at radius 2 is 2.11 bits per heavy atom. The molecule has 4 nitrogen and oxygen atoms in total. The van der Waals surface area contributed by atoms with E-state index >= 15 is 0 Å². The van der Waals surface area contributed by atoms with E-state index in [0.29, 0.717) is 0 Å². The first kappa shape index (κ1) is 14.4. The van der Waals surface area contributed by atoms with Crippen LogP contribution in [0.5, 0.6) is 0 Å². The minimum atomic E-state index is -0.747. The molecule has 0 bridgehead atoms. The highest BCUT2D eigenvalue weighted by atomic mass is 16.5. The normalized spacial score (nSPS) is 20.4. The van der Waals surface area contributed by atoms with Crippen molar-refractivity contribution in [2.45, 2.75) is 44.9 Å². The summed E-state index contributed by atoms with van der Waals surface area (Å²) in [5.41, 5.74) is 0.191. The predicted molar refractivity (Wildman–Crippen MR) is 74.6 cm³/mol. The number of piperidine rings is 1. The standard InChI is InChI=1S/C15H24N2O2/c1-13(2)19-15(12-18,14-7-6-8-16-11-14)17-9-4-3-5-10-17/h6-8,11,13,18H,3-5,9-10,12H2,1-2H3. The smallest absolute Gasteiger partial charge is 0.172 e. The van der Waals surface area contributed by atoms with Crippen LogP contribution in [0.15, 0.2) is 24.5 Å². The van der Waals surface area contributed by atoms with Gasteiger partial charge in [-0.1, -0.05) is 12.5 Å². The van der Waals surface area contributed by atoms with Crippen molar-refractivity contribution in [2.24, 2.45) is 0 Å². The lowest BCUT2D eigenvalue weighted by molar-refractivity contribution is -0.212. The van der Waals surface area contributed by atoms with Crippen molar-refractivity contribution in [3.8, 4) is 0 Å². The minimum absolute atomic E-state index is 0.0448. The third-order valence-electron chi connectivity index (χ3n) is 3.62. The van der Waals surface area contributed by atoms with Crippen LogP contribution >= 0.6 is 0 Å². The van der Waals surface area contributed by atoms with Gasteiger partial charge in [0.05, 0.1) is 12.7 Å². The van der Waals surface area contributed by atoms with Crippen LogP contribution in [-0.4, -0.2) is 40.8 Å². The first-order chi connectivity index (χ1) is 9.19. The molecule has 1 atom stereocenters. The average molecular weight is 264 g/mol. The van der Waals surface area contributed by atoms with Gasteiger partial charge in [-0.05, 0) is 32.8 Å². The van der Waals surface area contributed by atoms with Crippen LogP contribution in [0.25, 0.3) is 0 Å². The molecule has 0 radical (unpaired) electrons. The molecular formula is C15H24N2O2. The molecule has 4 heteroatoms. The zero-order valence-corrected chi connectivity index (χ0v) is 11.9. The Hall–Kier alpha value is -0.970. The second kappa shape index (κ2) is 6.46. The first-order valence-electron chi connectivity index (χ1n) is 7.13. The number of rotatable bonds is 5. The average Bonchev–Trinajstić information content (AvgIpc) is 2.46. The lowest BCUT2D eigenvalue weighted by Crippen LogP contribution is -2.54. The fourth-order valence-corrected chi connectivity index (χ4v) is 2.79. The second-order valence-electron chi connectivity index (χ2n) is 5.40. The van der Waals surface area contributed by atoms with Crippen molar-refractivity contribution in [1.29, 1.82) is 0 Å². The number of aromatic nitrogens is 1. The molecule has 1 aromatic heterocycles. The molecule has 1 aliphatic heterocycles. The zero-order valence-electron chi connectivity index (χ0n) is 11.9. The summed E-state index contributed by atoms with van der Waals surface area (Å²) in [6.45, 7) is 5.89. The molecule has 1 fully saturated rings. The summed E-state index contributed by atoms with van der Waals surface area (Å²) in [5.74, 6) is 0. The van der Waals surface area contributed by atoms with Gasteiger partial charge in [-0.25, -0.2) is 0 Å². The van der Waals surface area contributed by atoms with E-state index in [1.165, 1.54) is 6.42 Å². The molecule has 1 aliphatic rings. The zero-order chi connectivity index (χ0) is 13.7. The van der Waals surface area contributed by atoms with Crippen LogP contribution in [0.2, 0.25) is 0 Å². The van der Waals surface area contributed by atoms with Crippen LogP contribution in [-0.2, 0) is 10.5 Å². The molecule has 1 aromatic rings. The Labute approximate surface area is 115 Å². The SMILES string of the molecule is CC(C)OC(CO)(c1cccnc1)N1CCCCC1. The van der Waals surface area contributed by atoms with Gasteiger partial charge >= 0.3 is 0 Å². The third kappa shape index (κ3) is 3.14. The van der Waals surface area contributed by atoms with E-state index in [0.717, 1.165) is 31.5 Å². The van der Waals surface area contributed by atoms with Gasteiger partial charge in [0.25, 0.3) is 0 Å². The van der Waals surface area contributed by atoms with E-state index in [9.17, 15) is 5.11 Å². The van der Waals surface area contributed by atoms with Crippen LogP contribution in [0.4, 0.5) is 0 Å². The molecular weight excluding hydrogens is 240 g/mol. The topological polar surface area (TPSA) is 45.6 Å². The van der Waals surface area contributed by atoms with Gasteiger partial charge in [-0.15, -0.1) is 0 Å². The third-order valence-corrected chi connectivity index (χ3v) is 3.62. The molecule has 0 saturated carbocycles. The van der Waals surface area contributed by atoms with E-state index in [1.807, 2.05) is 26.0 Å². The number of hydrogen-bond acceptors (Lipinski definition) is 4. The number of pyridine rings is 1. The van der Waals surface area contributed by atoms with Crippen molar-refractivity contribution >= 4 is 0 Å². The quantitative estimate of drug-likeness (QED) is 0.885. The first-order valence-corrected chi connectivity index (χ1v) is 7.13. The number of aliphatic hydroxyl groups excluding tert-OH is 1. The Bertz CT molecular complexity index is 377. The van der Waals surface area contributed by atoms with Crippen molar-refractivity contribution < 1.29 is 9.84 Å². The fourth-order valence-electron chi connectivity index (χ4n) is 2.79. The van der Waals surface area contributed by atoms with Crippen molar-refractivity contribution in [3.63, 3.8) is 0 Å². The molecule has 1 saturated heterocycles. The Morgan fingerprint density at radius 1 is 1.37 bits per heavy atom. The summed E-state index contributed by atoms with van der Waals surface area (Å²) in [6.07, 6.45) is 7.17. The van der Waals surface area contributed by atoms with Gasteiger partial charge in [-0.2, -0.15) is 0 Å². The lowest BCUT2D eigenvalue weighted by atomic mass is 9.99. The molecule has 2 rings (SSSR count). The van der Waals surface area contributed by atoms with E-state index in [-0.39, 0.29) is 12.7 Å².